The summed E-state index contributed by atoms with van der Waals surface area (Å²) in [4.78, 5) is 5.26. The summed E-state index contributed by atoms with van der Waals surface area (Å²) in [6, 6.07) is 1.50. The third-order valence-corrected chi connectivity index (χ3v) is 4.20. The lowest BCUT2D eigenvalue weighted by Crippen LogP contribution is -2.56. The Bertz CT molecular complexity index is 219. The van der Waals surface area contributed by atoms with Crippen LogP contribution in [0.2, 0.25) is 0 Å². The molecule has 0 bridgehead atoms. The van der Waals surface area contributed by atoms with Gasteiger partial charge in [-0.2, -0.15) is 0 Å². The molecule has 0 aliphatic carbocycles. The maximum Gasteiger partial charge on any atom is 0.0589 e. The van der Waals surface area contributed by atoms with Crippen molar-refractivity contribution in [2.45, 2.75) is 31.8 Å². The van der Waals surface area contributed by atoms with Crippen molar-refractivity contribution in [3.05, 3.63) is 0 Å². The Labute approximate surface area is 105 Å². The third-order valence-electron chi connectivity index (χ3n) is 4.20. The molecule has 2 heterocycles. The lowest BCUT2D eigenvalue weighted by Gasteiger charge is -2.44. The van der Waals surface area contributed by atoms with Gasteiger partial charge in [0, 0.05) is 45.4 Å². The van der Waals surface area contributed by atoms with Crippen LogP contribution in [0.3, 0.4) is 0 Å². The predicted molar refractivity (Wildman–Crippen MR) is 70.4 cm³/mol. The number of methoxy groups -OCH3 is 1. The van der Waals surface area contributed by atoms with E-state index in [4.69, 9.17) is 4.74 Å². The zero-order valence-electron chi connectivity index (χ0n) is 11.3. The molecule has 1 atom stereocenters. The fraction of sp³-hybridized carbons (Fsp3) is 1.00. The van der Waals surface area contributed by atoms with Gasteiger partial charge in [0.1, 0.15) is 0 Å². The van der Waals surface area contributed by atoms with Crippen LogP contribution in [-0.4, -0.2) is 74.9 Å². The van der Waals surface area contributed by atoms with Crippen LogP contribution < -0.4 is 5.32 Å². The van der Waals surface area contributed by atoms with Gasteiger partial charge in [-0.25, -0.2) is 0 Å². The molecular weight excluding hydrogens is 214 g/mol. The van der Waals surface area contributed by atoms with E-state index >= 15 is 0 Å². The molecule has 1 unspecified atom stereocenters. The topological polar surface area (TPSA) is 27.7 Å². The van der Waals surface area contributed by atoms with Crippen LogP contribution in [0.1, 0.15) is 19.8 Å². The van der Waals surface area contributed by atoms with Gasteiger partial charge in [-0.3, -0.25) is 9.80 Å². The number of piperidine rings is 1. The van der Waals surface area contributed by atoms with Gasteiger partial charge in [-0.05, 0) is 32.9 Å². The highest BCUT2D eigenvalue weighted by Gasteiger charge is 2.28. The molecule has 0 amide bonds. The van der Waals surface area contributed by atoms with Crippen molar-refractivity contribution in [2.75, 3.05) is 53.0 Å². The second-order valence-corrected chi connectivity index (χ2v) is 5.35. The van der Waals surface area contributed by atoms with Gasteiger partial charge in [0.25, 0.3) is 0 Å². The smallest absolute Gasteiger partial charge is 0.0589 e. The van der Waals surface area contributed by atoms with Gasteiger partial charge in [0.05, 0.1) is 6.61 Å². The minimum Gasteiger partial charge on any atom is -0.383 e. The average Bonchev–Trinajstić information content (AvgIpc) is 2.38. The fourth-order valence-corrected chi connectivity index (χ4v) is 3.07. The van der Waals surface area contributed by atoms with Crippen LogP contribution in [0, 0.1) is 0 Å². The number of ether oxygens (including phenoxy) is 1. The van der Waals surface area contributed by atoms with E-state index in [9.17, 15) is 0 Å². The van der Waals surface area contributed by atoms with Gasteiger partial charge in [0.2, 0.25) is 0 Å². The van der Waals surface area contributed by atoms with E-state index in [-0.39, 0.29) is 0 Å². The lowest BCUT2D eigenvalue weighted by atomic mass is 10.0. The molecule has 0 aromatic carbocycles. The van der Waals surface area contributed by atoms with Gasteiger partial charge in [0.15, 0.2) is 0 Å². The summed E-state index contributed by atoms with van der Waals surface area (Å²) in [7, 11) is 1.79. The monoisotopic (exact) mass is 241 g/mol. The first-order valence-electron chi connectivity index (χ1n) is 6.99. The molecule has 2 fully saturated rings. The largest absolute Gasteiger partial charge is 0.383 e. The molecule has 2 aliphatic heterocycles. The molecule has 0 aromatic rings. The van der Waals surface area contributed by atoms with Gasteiger partial charge >= 0.3 is 0 Å². The first kappa shape index (κ1) is 13.3. The molecule has 4 heteroatoms. The van der Waals surface area contributed by atoms with E-state index in [0.29, 0.717) is 6.04 Å². The van der Waals surface area contributed by atoms with Crippen molar-refractivity contribution >= 4 is 0 Å². The van der Waals surface area contributed by atoms with Crippen LogP contribution in [0.15, 0.2) is 0 Å². The molecule has 0 aromatic heterocycles. The SMILES string of the molecule is COCCN1CCN(C2CCNCC2)CC1C. The highest BCUT2D eigenvalue weighted by Crippen LogP contribution is 2.17. The summed E-state index contributed by atoms with van der Waals surface area (Å²) in [5.74, 6) is 0. The van der Waals surface area contributed by atoms with Crippen molar-refractivity contribution < 1.29 is 4.74 Å². The summed E-state index contributed by atoms with van der Waals surface area (Å²) < 4.78 is 5.17. The predicted octanol–water partition coefficient (Wildman–Crippen LogP) is 0.391. The van der Waals surface area contributed by atoms with E-state index in [1.54, 1.807) is 7.11 Å². The quantitative estimate of drug-likeness (QED) is 0.771. The number of rotatable bonds is 4. The minimum absolute atomic E-state index is 0.675. The van der Waals surface area contributed by atoms with Crippen LogP contribution in [0.4, 0.5) is 0 Å². The Kier molecular flexibility index (Phi) is 5.22. The normalized spacial score (nSPS) is 29.6. The van der Waals surface area contributed by atoms with Crippen LogP contribution in [-0.2, 0) is 4.74 Å². The standard InChI is InChI=1S/C13H27N3O/c1-12-11-16(13-3-5-14-6-4-13)8-7-15(12)9-10-17-2/h12-14H,3-11H2,1-2H3. The highest BCUT2D eigenvalue weighted by atomic mass is 16.5. The fourth-order valence-electron chi connectivity index (χ4n) is 3.07. The maximum atomic E-state index is 5.17. The van der Waals surface area contributed by atoms with Crippen LogP contribution in [0.25, 0.3) is 0 Å². The lowest BCUT2D eigenvalue weighted by molar-refractivity contribution is 0.0313. The number of nitrogens with one attached hydrogen (secondary N) is 1. The van der Waals surface area contributed by atoms with Gasteiger partial charge < -0.3 is 10.1 Å². The van der Waals surface area contributed by atoms with Gasteiger partial charge in [-0.1, -0.05) is 0 Å². The summed E-state index contributed by atoms with van der Waals surface area (Å²) in [5.41, 5.74) is 0. The summed E-state index contributed by atoms with van der Waals surface area (Å²) in [6.45, 7) is 10.4. The number of hydrogen-bond acceptors (Lipinski definition) is 4. The summed E-state index contributed by atoms with van der Waals surface area (Å²) >= 11 is 0. The molecule has 100 valence electrons. The third kappa shape index (κ3) is 3.65. The van der Waals surface area contributed by atoms with E-state index < -0.39 is 0 Å². The molecule has 2 rings (SSSR count). The van der Waals surface area contributed by atoms with E-state index in [1.165, 1.54) is 45.6 Å². The molecule has 0 spiro atoms. The first-order chi connectivity index (χ1) is 8.31. The molecule has 4 nitrogen and oxygen atoms in total. The van der Waals surface area contributed by atoms with Crippen molar-refractivity contribution in [1.82, 2.24) is 15.1 Å². The highest BCUT2D eigenvalue weighted by molar-refractivity contribution is 4.85. The maximum absolute atomic E-state index is 5.17. The first-order valence-corrected chi connectivity index (χ1v) is 6.99. The van der Waals surface area contributed by atoms with Crippen LogP contribution >= 0.6 is 0 Å². The molecule has 0 saturated carbocycles. The molecule has 2 aliphatic rings. The number of hydrogen-bond donors (Lipinski definition) is 1. The zero-order chi connectivity index (χ0) is 12.1. The second kappa shape index (κ2) is 6.69. The van der Waals surface area contributed by atoms with Crippen molar-refractivity contribution in [3.63, 3.8) is 0 Å². The molecule has 2 saturated heterocycles. The van der Waals surface area contributed by atoms with Crippen molar-refractivity contribution in [3.8, 4) is 0 Å². The Morgan fingerprint density at radius 2 is 2.00 bits per heavy atom. The van der Waals surface area contributed by atoms with Crippen molar-refractivity contribution in [1.29, 1.82) is 0 Å². The summed E-state index contributed by atoms with van der Waals surface area (Å²) in [5, 5.41) is 3.45. The molecule has 17 heavy (non-hydrogen) atoms. The van der Waals surface area contributed by atoms with E-state index in [2.05, 4.69) is 22.0 Å². The number of piperazine rings is 1. The van der Waals surface area contributed by atoms with Gasteiger partial charge in [-0.15, -0.1) is 0 Å². The Morgan fingerprint density at radius 3 is 2.65 bits per heavy atom. The molecular formula is C13H27N3O. The Hall–Kier alpha value is -0.160. The van der Waals surface area contributed by atoms with Crippen molar-refractivity contribution in [2.24, 2.45) is 0 Å². The van der Waals surface area contributed by atoms with E-state index in [0.717, 1.165) is 19.2 Å². The number of nitrogens with zero attached hydrogens (tertiary/aromatic N) is 2. The summed E-state index contributed by atoms with van der Waals surface area (Å²) in [6.07, 6.45) is 2.65. The zero-order valence-corrected chi connectivity index (χ0v) is 11.3. The molecule has 1 N–H and O–H groups in total. The van der Waals surface area contributed by atoms with Crippen LogP contribution in [0.5, 0.6) is 0 Å². The second-order valence-electron chi connectivity index (χ2n) is 5.35. The Balaban J connectivity index is 1.77. The Morgan fingerprint density at radius 1 is 1.24 bits per heavy atom. The van der Waals surface area contributed by atoms with E-state index in [1.807, 2.05) is 0 Å². The average molecular weight is 241 g/mol. The minimum atomic E-state index is 0.675. The molecule has 0 radical (unpaired) electrons.